The lowest BCUT2D eigenvalue weighted by Crippen LogP contribution is -2.40. The fourth-order valence-electron chi connectivity index (χ4n) is 4.30. The Balaban J connectivity index is 1.55. The Morgan fingerprint density at radius 2 is 1.72 bits per heavy atom. The normalized spacial score (nSPS) is 15.0. The standard InChI is InChI=1S/C30H35F3N6O4/c1-20(2)16-26(40)39-13-3-15-42-24-10-6-22(7-11-24)18-35-28-36-25(37-29(38-28)43-19-30(31,32)33)17-21-4-8-23(9-5-21)27(41)34-12-14-39/h4-11,20H,3,12-19H2,1-2H3,(H,34,41)(H,35,36,37,38). The van der Waals surface area contributed by atoms with E-state index in [1.807, 2.05) is 38.1 Å². The lowest BCUT2D eigenvalue weighted by molar-refractivity contribution is -0.154. The number of carbonyl (C=O) groups excluding carboxylic acids is 2. The maximum Gasteiger partial charge on any atom is 0.422 e. The summed E-state index contributed by atoms with van der Waals surface area (Å²) in [6.07, 6.45) is -3.35. The fourth-order valence-corrected chi connectivity index (χ4v) is 4.30. The van der Waals surface area contributed by atoms with Crippen molar-refractivity contribution >= 4 is 17.8 Å². The van der Waals surface area contributed by atoms with Gasteiger partial charge in [-0.3, -0.25) is 9.59 Å². The second-order valence-electron chi connectivity index (χ2n) is 10.6. The number of carbonyl (C=O) groups is 2. The largest absolute Gasteiger partial charge is 0.494 e. The molecule has 4 aliphatic heterocycles. The zero-order chi connectivity index (χ0) is 30.8. The summed E-state index contributed by atoms with van der Waals surface area (Å²) in [6.45, 7) is 4.29. The molecule has 0 saturated carbocycles. The number of nitrogens with zero attached hydrogens (tertiary/aromatic N) is 4. The first-order valence-corrected chi connectivity index (χ1v) is 14.1. The third kappa shape index (κ3) is 10.4. The van der Waals surface area contributed by atoms with Gasteiger partial charge in [0.1, 0.15) is 11.6 Å². The van der Waals surface area contributed by atoms with Crippen LogP contribution in [-0.4, -0.2) is 70.7 Å². The fraction of sp³-hybridized carbons (Fsp3) is 0.433. The van der Waals surface area contributed by atoms with Gasteiger partial charge in [-0.2, -0.15) is 28.1 Å². The number of halogens is 3. The minimum Gasteiger partial charge on any atom is -0.494 e. The van der Waals surface area contributed by atoms with Crippen molar-refractivity contribution in [3.05, 3.63) is 71.0 Å². The van der Waals surface area contributed by atoms with Crippen molar-refractivity contribution in [1.29, 1.82) is 0 Å². The summed E-state index contributed by atoms with van der Waals surface area (Å²) in [6, 6.07) is 13.6. The lowest BCUT2D eigenvalue weighted by Gasteiger charge is -2.24. The molecule has 10 nitrogen and oxygen atoms in total. The molecule has 0 atom stereocenters. The molecule has 7 rings (SSSR count). The summed E-state index contributed by atoms with van der Waals surface area (Å²) in [5, 5.41) is 5.88. The molecule has 0 saturated heterocycles. The summed E-state index contributed by atoms with van der Waals surface area (Å²) in [7, 11) is 0. The minimum absolute atomic E-state index is 0.0309. The molecule has 0 radical (unpaired) electrons. The van der Waals surface area contributed by atoms with Crippen LogP contribution in [-0.2, 0) is 17.8 Å². The maximum absolute atomic E-state index is 12.8. The van der Waals surface area contributed by atoms with Crippen molar-refractivity contribution in [1.82, 2.24) is 25.2 Å². The second kappa shape index (κ2) is 14.7. The maximum atomic E-state index is 12.8. The minimum atomic E-state index is -4.55. The molecule has 2 N–H and O–H groups in total. The van der Waals surface area contributed by atoms with Crippen molar-refractivity contribution in [2.24, 2.45) is 5.92 Å². The van der Waals surface area contributed by atoms with Crippen molar-refractivity contribution in [3.63, 3.8) is 0 Å². The number of amides is 2. The van der Waals surface area contributed by atoms with Gasteiger partial charge in [0, 0.05) is 44.6 Å². The van der Waals surface area contributed by atoms with E-state index in [9.17, 15) is 22.8 Å². The highest BCUT2D eigenvalue weighted by atomic mass is 19.4. The summed E-state index contributed by atoms with van der Waals surface area (Å²) in [4.78, 5) is 39.8. The number of rotatable bonds is 4. The van der Waals surface area contributed by atoms with Gasteiger partial charge in [-0.25, -0.2) is 0 Å². The number of anilines is 1. The molecule has 6 bridgehead atoms. The molecule has 2 amide bonds. The number of aromatic nitrogens is 3. The van der Waals surface area contributed by atoms with Crippen LogP contribution < -0.4 is 20.1 Å². The summed E-state index contributed by atoms with van der Waals surface area (Å²) >= 11 is 0. The van der Waals surface area contributed by atoms with E-state index in [1.54, 1.807) is 29.2 Å². The Bertz CT molecular complexity index is 1370. The van der Waals surface area contributed by atoms with Crippen LogP contribution in [0.5, 0.6) is 11.8 Å². The van der Waals surface area contributed by atoms with E-state index in [4.69, 9.17) is 9.47 Å². The van der Waals surface area contributed by atoms with Crippen LogP contribution in [0, 0.1) is 5.92 Å². The molecule has 0 unspecified atom stereocenters. The Hall–Kier alpha value is -4.42. The molecule has 43 heavy (non-hydrogen) atoms. The number of alkyl halides is 3. The Kier molecular flexibility index (Phi) is 10.7. The quantitative estimate of drug-likeness (QED) is 0.453. The van der Waals surface area contributed by atoms with Crippen LogP contribution in [0.2, 0.25) is 0 Å². The molecule has 1 aromatic heterocycles. The zero-order valence-corrected chi connectivity index (χ0v) is 24.1. The van der Waals surface area contributed by atoms with Gasteiger partial charge >= 0.3 is 12.2 Å². The van der Waals surface area contributed by atoms with E-state index in [0.29, 0.717) is 50.4 Å². The molecule has 230 valence electrons. The predicted octanol–water partition coefficient (Wildman–Crippen LogP) is 4.40. The van der Waals surface area contributed by atoms with Crippen LogP contribution in [0.1, 0.15) is 54.0 Å². The van der Waals surface area contributed by atoms with Crippen molar-refractivity contribution < 1.29 is 32.2 Å². The first-order chi connectivity index (χ1) is 20.5. The van der Waals surface area contributed by atoms with Gasteiger partial charge in [-0.05, 0) is 47.7 Å². The lowest BCUT2D eigenvalue weighted by atomic mass is 10.1. The first-order valence-electron chi connectivity index (χ1n) is 14.1. The molecular weight excluding hydrogens is 565 g/mol. The predicted molar refractivity (Wildman–Crippen MR) is 153 cm³/mol. The summed E-state index contributed by atoms with van der Waals surface area (Å²) in [5.41, 5.74) is 2.02. The van der Waals surface area contributed by atoms with E-state index < -0.39 is 18.8 Å². The van der Waals surface area contributed by atoms with Crippen LogP contribution in [0.15, 0.2) is 48.5 Å². The molecule has 0 spiro atoms. The molecule has 4 aliphatic rings. The number of benzene rings is 2. The van der Waals surface area contributed by atoms with E-state index >= 15 is 0 Å². The SMILES string of the molecule is CC(C)CC(=O)N1CCCOc2ccc(cc2)CNc2nc(nc(OCC(F)(F)F)n2)Cc2ccc(cc2)C(=O)NCC1. The Morgan fingerprint density at radius 1 is 1.00 bits per heavy atom. The van der Waals surface area contributed by atoms with Crippen LogP contribution >= 0.6 is 0 Å². The summed E-state index contributed by atoms with van der Waals surface area (Å²) < 4.78 is 49.0. The van der Waals surface area contributed by atoms with Gasteiger partial charge in [0.15, 0.2) is 6.61 Å². The molecule has 0 fully saturated rings. The second-order valence-corrected chi connectivity index (χ2v) is 10.6. The van der Waals surface area contributed by atoms with Gasteiger partial charge in [-0.1, -0.05) is 38.1 Å². The number of hydrogen-bond donors (Lipinski definition) is 2. The van der Waals surface area contributed by atoms with Crippen LogP contribution in [0.4, 0.5) is 19.1 Å². The molecular formula is C30H35F3N6O4. The van der Waals surface area contributed by atoms with Crippen molar-refractivity contribution in [2.45, 2.75) is 45.8 Å². The molecule has 13 heteroatoms. The van der Waals surface area contributed by atoms with Crippen LogP contribution in [0.3, 0.4) is 0 Å². The first kappa shape index (κ1) is 31.5. The zero-order valence-electron chi connectivity index (χ0n) is 24.1. The topological polar surface area (TPSA) is 119 Å². The van der Waals surface area contributed by atoms with Crippen molar-refractivity contribution in [2.75, 3.05) is 38.2 Å². The van der Waals surface area contributed by atoms with E-state index in [1.165, 1.54) is 0 Å². The third-order valence-corrected chi connectivity index (χ3v) is 6.42. The number of nitrogens with one attached hydrogen (secondary N) is 2. The average molecular weight is 601 g/mol. The van der Waals surface area contributed by atoms with Gasteiger partial charge in [0.25, 0.3) is 5.91 Å². The van der Waals surface area contributed by atoms with Gasteiger partial charge in [-0.15, -0.1) is 0 Å². The Morgan fingerprint density at radius 3 is 2.42 bits per heavy atom. The Labute approximate surface area is 248 Å². The monoisotopic (exact) mass is 600 g/mol. The highest BCUT2D eigenvalue weighted by molar-refractivity contribution is 5.94. The summed E-state index contributed by atoms with van der Waals surface area (Å²) in [5.74, 6) is 0.870. The number of hydrogen-bond acceptors (Lipinski definition) is 8. The number of ether oxygens (including phenoxy) is 2. The smallest absolute Gasteiger partial charge is 0.422 e. The molecule has 0 aliphatic carbocycles. The van der Waals surface area contributed by atoms with E-state index in [-0.39, 0.29) is 42.5 Å². The van der Waals surface area contributed by atoms with Gasteiger partial charge < -0.3 is 25.0 Å². The molecule has 2 aromatic carbocycles. The molecule has 3 aromatic rings. The molecule has 5 heterocycles. The van der Waals surface area contributed by atoms with Crippen LogP contribution in [0.25, 0.3) is 0 Å². The van der Waals surface area contributed by atoms with E-state index in [2.05, 4.69) is 25.6 Å². The van der Waals surface area contributed by atoms with Crippen molar-refractivity contribution in [3.8, 4) is 11.8 Å². The third-order valence-electron chi connectivity index (χ3n) is 6.42. The van der Waals surface area contributed by atoms with Gasteiger partial charge in [0.2, 0.25) is 11.9 Å². The van der Waals surface area contributed by atoms with E-state index in [0.717, 1.165) is 11.1 Å². The van der Waals surface area contributed by atoms with Gasteiger partial charge in [0.05, 0.1) is 6.61 Å². The average Bonchev–Trinajstić information content (AvgIpc) is 2.96. The highest BCUT2D eigenvalue weighted by Crippen LogP contribution is 2.19. The highest BCUT2D eigenvalue weighted by Gasteiger charge is 2.29.